The summed E-state index contributed by atoms with van der Waals surface area (Å²) in [7, 11) is 3.22. The second-order valence-electron chi connectivity index (χ2n) is 5.22. The molecule has 0 aliphatic carbocycles. The van der Waals surface area contributed by atoms with Gasteiger partial charge in [-0.2, -0.15) is 0 Å². The maximum Gasteiger partial charge on any atom is 0.329 e. The number of benzene rings is 1. The highest BCUT2D eigenvalue weighted by atomic mass is 19.1. The fraction of sp³-hybridized carbons (Fsp3) is 0.143. The highest BCUT2D eigenvalue weighted by molar-refractivity contribution is 5.79. The van der Waals surface area contributed by atoms with Gasteiger partial charge in [-0.3, -0.25) is 14.3 Å². The van der Waals surface area contributed by atoms with Gasteiger partial charge in [0.25, 0.3) is 5.56 Å². The van der Waals surface area contributed by atoms with Crippen LogP contribution in [0.15, 0.2) is 33.9 Å². The van der Waals surface area contributed by atoms with Gasteiger partial charge in [-0.15, -0.1) is 10.2 Å². The molecule has 0 atom stereocenters. The summed E-state index contributed by atoms with van der Waals surface area (Å²) in [5, 5.41) is 8.19. The Hall–Kier alpha value is -3.23. The van der Waals surface area contributed by atoms with Gasteiger partial charge in [0, 0.05) is 19.7 Å². The van der Waals surface area contributed by atoms with Gasteiger partial charge in [0.1, 0.15) is 5.82 Å². The topological polar surface area (TPSA) is 90.0 Å². The maximum absolute atomic E-state index is 13.1. The van der Waals surface area contributed by atoms with Crippen LogP contribution in [0.25, 0.3) is 28.3 Å². The predicted octanol–water partition coefficient (Wildman–Crippen LogP) is 0.414. The Morgan fingerprint density at radius 3 is 2.43 bits per heavy atom. The van der Waals surface area contributed by atoms with Crippen LogP contribution in [0.5, 0.6) is 0 Å². The molecule has 0 fully saturated rings. The minimum atomic E-state index is -0.534. The zero-order valence-corrected chi connectivity index (χ0v) is 12.2. The van der Waals surface area contributed by atoms with Gasteiger partial charge in [0.2, 0.25) is 5.78 Å². The van der Waals surface area contributed by atoms with Crippen molar-refractivity contribution in [1.82, 2.24) is 28.7 Å². The van der Waals surface area contributed by atoms with E-state index < -0.39 is 11.2 Å². The van der Waals surface area contributed by atoms with Crippen LogP contribution < -0.4 is 11.2 Å². The van der Waals surface area contributed by atoms with E-state index in [-0.39, 0.29) is 5.82 Å². The molecular weight excluding hydrogens is 303 g/mol. The summed E-state index contributed by atoms with van der Waals surface area (Å²) >= 11 is 0. The molecule has 0 unspecified atom stereocenters. The largest absolute Gasteiger partial charge is 0.329 e. The van der Waals surface area contributed by atoms with Crippen molar-refractivity contribution in [2.75, 3.05) is 0 Å². The van der Waals surface area contributed by atoms with Crippen molar-refractivity contribution in [2.45, 2.75) is 0 Å². The number of nitrogens with zero attached hydrogens (tertiary/aromatic N) is 5. The van der Waals surface area contributed by atoms with E-state index in [2.05, 4.69) is 15.2 Å². The van der Waals surface area contributed by atoms with Gasteiger partial charge in [0.15, 0.2) is 17.0 Å². The number of hydrogen-bond acceptors (Lipinski definition) is 4. The molecule has 0 saturated carbocycles. The van der Waals surface area contributed by atoms with Crippen LogP contribution >= 0.6 is 0 Å². The molecule has 0 aliphatic rings. The van der Waals surface area contributed by atoms with Gasteiger partial charge in [-0.25, -0.2) is 13.6 Å². The molecule has 1 aromatic carbocycles. The van der Waals surface area contributed by atoms with Gasteiger partial charge in [-0.1, -0.05) is 0 Å². The molecule has 0 radical (unpaired) electrons. The molecule has 3 heterocycles. The van der Waals surface area contributed by atoms with Gasteiger partial charge in [-0.05, 0) is 24.3 Å². The molecule has 1 N–H and O–H groups in total. The number of halogens is 1. The fourth-order valence-electron chi connectivity index (χ4n) is 2.73. The molecular formula is C14H11FN6O2. The summed E-state index contributed by atoms with van der Waals surface area (Å²) in [4.78, 5) is 26.3. The second kappa shape index (κ2) is 4.38. The maximum atomic E-state index is 13.1. The van der Waals surface area contributed by atoms with E-state index in [0.717, 1.165) is 0 Å². The first-order chi connectivity index (χ1) is 11.0. The Bertz CT molecular complexity index is 1180. The van der Waals surface area contributed by atoms with E-state index >= 15 is 0 Å². The van der Waals surface area contributed by atoms with E-state index in [4.69, 9.17) is 0 Å². The third kappa shape index (κ3) is 1.70. The van der Waals surface area contributed by atoms with Crippen molar-refractivity contribution < 1.29 is 4.39 Å². The van der Waals surface area contributed by atoms with Crippen molar-refractivity contribution >= 4 is 16.9 Å². The lowest BCUT2D eigenvalue weighted by atomic mass is 10.2. The van der Waals surface area contributed by atoms with E-state index in [1.807, 2.05) is 0 Å². The number of aromatic nitrogens is 6. The molecule has 23 heavy (non-hydrogen) atoms. The number of fused-ring (bicyclic) bond motifs is 3. The Morgan fingerprint density at radius 2 is 1.74 bits per heavy atom. The number of aryl methyl sites for hydroxylation is 2. The first kappa shape index (κ1) is 13.4. The third-order valence-electron chi connectivity index (χ3n) is 3.87. The van der Waals surface area contributed by atoms with Crippen LogP contribution in [0.1, 0.15) is 0 Å². The predicted molar refractivity (Wildman–Crippen MR) is 80.7 cm³/mol. The number of imidazole rings is 1. The quantitative estimate of drug-likeness (QED) is 0.551. The van der Waals surface area contributed by atoms with Crippen LogP contribution in [-0.2, 0) is 14.1 Å². The van der Waals surface area contributed by atoms with Gasteiger partial charge in [0.05, 0.1) is 0 Å². The first-order valence-corrected chi connectivity index (χ1v) is 6.78. The van der Waals surface area contributed by atoms with Crippen molar-refractivity contribution in [2.24, 2.45) is 14.1 Å². The standard InChI is InChI=1S/C14H11FN6O2/c1-19-9-11(22)16-14(23)20(2)12(9)21-10(17-18-13(19)21)7-3-5-8(15)6-4-7/h3-6H,1-2H3,(H,16,22,23). The molecule has 0 amide bonds. The highest BCUT2D eigenvalue weighted by Gasteiger charge is 2.20. The van der Waals surface area contributed by atoms with Crippen LogP contribution in [0.2, 0.25) is 0 Å². The van der Waals surface area contributed by atoms with Gasteiger partial charge < -0.3 is 4.57 Å². The normalized spacial score (nSPS) is 11.6. The zero-order valence-electron chi connectivity index (χ0n) is 12.2. The Labute approximate surface area is 127 Å². The van der Waals surface area contributed by atoms with Crippen molar-refractivity contribution in [3.05, 3.63) is 50.9 Å². The number of rotatable bonds is 1. The van der Waals surface area contributed by atoms with E-state index in [0.29, 0.717) is 28.3 Å². The number of aromatic amines is 1. The summed E-state index contributed by atoms with van der Waals surface area (Å²) in [6.07, 6.45) is 0. The summed E-state index contributed by atoms with van der Waals surface area (Å²) in [6.45, 7) is 0. The first-order valence-electron chi connectivity index (χ1n) is 6.78. The van der Waals surface area contributed by atoms with E-state index in [9.17, 15) is 14.0 Å². The molecule has 8 nitrogen and oxygen atoms in total. The van der Waals surface area contributed by atoms with Crippen LogP contribution in [0, 0.1) is 5.82 Å². The van der Waals surface area contributed by atoms with Crippen LogP contribution in [-0.4, -0.2) is 28.7 Å². The molecule has 0 spiro atoms. The Morgan fingerprint density at radius 1 is 1.04 bits per heavy atom. The monoisotopic (exact) mass is 314 g/mol. The number of H-pyrrole nitrogens is 1. The number of hydrogen-bond donors (Lipinski definition) is 1. The minimum Gasteiger partial charge on any atom is -0.305 e. The molecule has 3 aromatic heterocycles. The molecule has 4 aromatic rings. The fourth-order valence-corrected chi connectivity index (χ4v) is 2.73. The van der Waals surface area contributed by atoms with Crippen molar-refractivity contribution in [3.63, 3.8) is 0 Å². The molecule has 0 saturated heterocycles. The lowest BCUT2D eigenvalue weighted by Gasteiger charge is -2.02. The summed E-state index contributed by atoms with van der Waals surface area (Å²) in [6, 6.07) is 5.76. The average molecular weight is 314 g/mol. The van der Waals surface area contributed by atoms with Gasteiger partial charge >= 0.3 is 5.69 Å². The van der Waals surface area contributed by atoms with E-state index in [1.165, 1.54) is 16.7 Å². The molecule has 0 aliphatic heterocycles. The molecule has 4 rings (SSSR count). The Kier molecular flexibility index (Phi) is 2.56. The lowest BCUT2D eigenvalue weighted by molar-refractivity contribution is 0.628. The summed E-state index contributed by atoms with van der Waals surface area (Å²) in [5.74, 6) is 0.466. The minimum absolute atomic E-state index is 0.306. The zero-order chi connectivity index (χ0) is 16.3. The molecule has 0 bridgehead atoms. The van der Waals surface area contributed by atoms with Crippen LogP contribution in [0.3, 0.4) is 0 Å². The van der Waals surface area contributed by atoms with E-state index in [1.54, 1.807) is 35.2 Å². The smallest absolute Gasteiger partial charge is 0.305 e. The van der Waals surface area contributed by atoms with Crippen LogP contribution in [0.4, 0.5) is 4.39 Å². The average Bonchev–Trinajstić information content (AvgIpc) is 3.06. The second-order valence-corrected chi connectivity index (χ2v) is 5.22. The molecule has 116 valence electrons. The summed E-state index contributed by atoms with van der Waals surface area (Å²) in [5.41, 5.74) is 0.273. The van der Waals surface area contributed by atoms with Crippen molar-refractivity contribution in [1.29, 1.82) is 0 Å². The molecule has 9 heteroatoms. The Balaban J connectivity index is 2.23. The SMILES string of the molecule is Cn1c(=O)[nH]c(=O)c2c1n1c(-c3ccc(F)cc3)nnc1n2C. The lowest BCUT2D eigenvalue weighted by Crippen LogP contribution is -2.29. The third-order valence-corrected chi connectivity index (χ3v) is 3.87. The summed E-state index contributed by atoms with van der Waals surface area (Å²) < 4.78 is 17.6. The highest BCUT2D eigenvalue weighted by Crippen LogP contribution is 2.23. The van der Waals surface area contributed by atoms with Crippen molar-refractivity contribution in [3.8, 4) is 11.4 Å². The number of nitrogens with one attached hydrogen (secondary N) is 1.